The van der Waals surface area contributed by atoms with E-state index >= 15 is 0 Å². The number of hydrogen-bond donors (Lipinski definition) is 0. The molecule has 1 nitrogen and oxygen atoms in total. The van der Waals surface area contributed by atoms with Crippen molar-refractivity contribution >= 4 is 24.1 Å². The Morgan fingerprint density at radius 1 is 1.21 bits per heavy atom. The largest absolute Gasteiger partial charge is 0.426 e. The molecule has 2 heterocycles. The smallest absolute Gasteiger partial charge is 0.335 e. The van der Waals surface area contributed by atoms with Gasteiger partial charge in [0.05, 0.1) is 6.61 Å². The van der Waals surface area contributed by atoms with Crippen LogP contribution in [0.1, 0.15) is 16.9 Å². The van der Waals surface area contributed by atoms with Crippen molar-refractivity contribution in [3.8, 4) is 0 Å². The van der Waals surface area contributed by atoms with E-state index in [1.165, 1.54) is 16.5 Å². The van der Waals surface area contributed by atoms with Gasteiger partial charge in [-0.1, -0.05) is 24.3 Å². The predicted molar refractivity (Wildman–Crippen MR) is 76.5 cm³/mol. The number of fused-ring (bicyclic) bond motifs is 2. The van der Waals surface area contributed by atoms with Crippen molar-refractivity contribution in [2.24, 2.45) is 0 Å². The van der Waals surface area contributed by atoms with Crippen LogP contribution in [0, 0.1) is 5.82 Å². The molecule has 0 radical (unpaired) electrons. The Labute approximate surface area is 116 Å². The van der Waals surface area contributed by atoms with Gasteiger partial charge in [-0.3, -0.25) is 0 Å². The summed E-state index contributed by atoms with van der Waals surface area (Å²) in [6.45, 7) is 0.605. The minimum Gasteiger partial charge on any atom is -0.426 e. The van der Waals surface area contributed by atoms with Crippen LogP contribution in [0.25, 0.3) is 0 Å². The molecule has 0 amide bonds. The summed E-state index contributed by atoms with van der Waals surface area (Å²) in [5.41, 5.74) is 3.53. The van der Waals surface area contributed by atoms with Crippen LogP contribution in [0.5, 0.6) is 0 Å². The maximum Gasteiger partial charge on any atom is 0.335 e. The fourth-order valence-electron chi connectivity index (χ4n) is 3.02. The molecule has 0 bridgehead atoms. The Kier molecular flexibility index (Phi) is 2.67. The number of thioether (sulfide) groups is 1. The first-order valence-corrected chi connectivity index (χ1v) is 7.43. The van der Waals surface area contributed by atoms with Gasteiger partial charge in [0.2, 0.25) is 0 Å². The molecule has 0 N–H and O–H groups in total. The SMILES string of the molecule is Fc1ccc2c(c1)COB2C1CSc2ccccc21. The molecule has 0 aliphatic carbocycles. The Morgan fingerprint density at radius 2 is 2.11 bits per heavy atom. The number of halogens is 1. The van der Waals surface area contributed by atoms with Crippen molar-refractivity contribution < 1.29 is 9.04 Å². The molecular formula is C15H12BFOS. The molecule has 2 aromatic rings. The molecule has 4 heteroatoms. The number of rotatable bonds is 1. The summed E-state index contributed by atoms with van der Waals surface area (Å²) in [5.74, 6) is 1.25. The monoisotopic (exact) mass is 270 g/mol. The molecule has 2 aliphatic heterocycles. The summed E-state index contributed by atoms with van der Waals surface area (Å²) in [5, 5.41) is 0. The molecule has 2 aliphatic rings. The van der Waals surface area contributed by atoms with Crippen LogP contribution < -0.4 is 5.46 Å². The second kappa shape index (κ2) is 4.39. The van der Waals surface area contributed by atoms with E-state index in [0.717, 1.165) is 16.8 Å². The highest BCUT2D eigenvalue weighted by atomic mass is 32.2. The first-order valence-electron chi connectivity index (χ1n) is 6.44. The van der Waals surface area contributed by atoms with E-state index in [-0.39, 0.29) is 12.7 Å². The van der Waals surface area contributed by atoms with Gasteiger partial charge in [0.25, 0.3) is 0 Å². The van der Waals surface area contributed by atoms with Gasteiger partial charge in [-0.15, -0.1) is 11.8 Å². The molecule has 4 rings (SSSR count). The zero-order chi connectivity index (χ0) is 12.8. The summed E-state index contributed by atoms with van der Waals surface area (Å²) in [7, 11) is 0. The van der Waals surface area contributed by atoms with E-state index in [1.54, 1.807) is 6.07 Å². The highest BCUT2D eigenvalue weighted by Crippen LogP contribution is 2.41. The molecule has 94 valence electrons. The maximum atomic E-state index is 13.2. The van der Waals surface area contributed by atoms with Gasteiger partial charge in [0.15, 0.2) is 0 Å². The quantitative estimate of drug-likeness (QED) is 0.737. The lowest BCUT2D eigenvalue weighted by Gasteiger charge is -2.15. The molecular weight excluding hydrogens is 258 g/mol. The molecule has 1 atom stereocenters. The van der Waals surface area contributed by atoms with Crippen LogP contribution in [-0.4, -0.2) is 12.7 Å². The minimum atomic E-state index is -0.177. The minimum absolute atomic E-state index is 0.0757. The van der Waals surface area contributed by atoms with Gasteiger partial charge >= 0.3 is 6.92 Å². The van der Waals surface area contributed by atoms with E-state index in [2.05, 4.69) is 24.3 Å². The molecule has 0 aromatic heterocycles. The lowest BCUT2D eigenvalue weighted by atomic mass is 9.50. The van der Waals surface area contributed by atoms with Crippen LogP contribution >= 0.6 is 11.8 Å². The number of benzene rings is 2. The van der Waals surface area contributed by atoms with E-state index < -0.39 is 0 Å². The van der Waals surface area contributed by atoms with E-state index in [9.17, 15) is 4.39 Å². The van der Waals surface area contributed by atoms with Crippen LogP contribution in [0.4, 0.5) is 4.39 Å². The van der Waals surface area contributed by atoms with Crippen LogP contribution in [0.2, 0.25) is 0 Å². The summed E-state index contributed by atoms with van der Waals surface area (Å²) < 4.78 is 19.2. The van der Waals surface area contributed by atoms with Crippen LogP contribution in [-0.2, 0) is 11.3 Å². The van der Waals surface area contributed by atoms with Gasteiger partial charge < -0.3 is 4.65 Å². The third-order valence-electron chi connectivity index (χ3n) is 3.93. The lowest BCUT2D eigenvalue weighted by Crippen LogP contribution is -2.36. The summed E-state index contributed by atoms with van der Waals surface area (Å²) in [4.78, 5) is 1.35. The molecule has 0 saturated carbocycles. The Morgan fingerprint density at radius 3 is 3.05 bits per heavy atom. The average molecular weight is 270 g/mol. The standard InChI is InChI=1S/C15H12BFOS/c17-11-5-6-13-10(7-11)8-18-16(13)14-9-19-15-4-2-1-3-12(14)15/h1-7,14H,8-9H2. The topological polar surface area (TPSA) is 9.23 Å². The highest BCUT2D eigenvalue weighted by molar-refractivity contribution is 7.99. The fourth-order valence-corrected chi connectivity index (χ4v) is 4.29. The van der Waals surface area contributed by atoms with Crippen LogP contribution in [0.3, 0.4) is 0 Å². The van der Waals surface area contributed by atoms with Crippen LogP contribution in [0.15, 0.2) is 47.4 Å². The highest BCUT2D eigenvalue weighted by Gasteiger charge is 2.40. The fraction of sp³-hybridized carbons (Fsp3) is 0.200. The van der Waals surface area contributed by atoms with Crippen molar-refractivity contribution in [3.63, 3.8) is 0 Å². The summed E-state index contributed by atoms with van der Waals surface area (Å²) in [6.07, 6.45) is 0. The van der Waals surface area contributed by atoms with Gasteiger partial charge in [0.1, 0.15) is 5.82 Å². The molecule has 0 spiro atoms. The molecule has 0 fully saturated rings. The molecule has 2 aromatic carbocycles. The molecule has 19 heavy (non-hydrogen) atoms. The van der Waals surface area contributed by atoms with Crippen molar-refractivity contribution in [1.82, 2.24) is 0 Å². The average Bonchev–Trinajstić information content (AvgIpc) is 3.01. The van der Waals surface area contributed by atoms with E-state index in [1.807, 2.05) is 17.8 Å². The molecule has 0 saturated heterocycles. The van der Waals surface area contributed by atoms with Gasteiger partial charge in [-0.2, -0.15) is 0 Å². The van der Waals surface area contributed by atoms with E-state index in [4.69, 9.17) is 4.65 Å². The first-order chi connectivity index (χ1) is 9.33. The predicted octanol–water partition coefficient (Wildman–Crippen LogP) is 2.98. The van der Waals surface area contributed by atoms with E-state index in [0.29, 0.717) is 12.4 Å². The summed E-state index contributed by atoms with van der Waals surface area (Å²) in [6, 6.07) is 13.5. The molecule has 1 unspecified atom stereocenters. The van der Waals surface area contributed by atoms with Crippen molar-refractivity contribution in [2.75, 3.05) is 5.75 Å². The van der Waals surface area contributed by atoms with Crippen molar-refractivity contribution in [1.29, 1.82) is 0 Å². The normalized spacial score (nSPS) is 20.5. The van der Waals surface area contributed by atoms with Crippen molar-refractivity contribution in [2.45, 2.75) is 17.3 Å². The zero-order valence-corrected chi connectivity index (χ0v) is 11.1. The Balaban J connectivity index is 1.74. The number of hydrogen-bond acceptors (Lipinski definition) is 2. The maximum absolute atomic E-state index is 13.2. The van der Waals surface area contributed by atoms with Crippen molar-refractivity contribution in [3.05, 3.63) is 59.4 Å². The Hall–Kier alpha value is -1.26. The first kappa shape index (κ1) is 11.6. The van der Waals surface area contributed by atoms with Gasteiger partial charge in [-0.05, 0) is 34.8 Å². The zero-order valence-electron chi connectivity index (χ0n) is 10.3. The third kappa shape index (κ3) is 1.82. The van der Waals surface area contributed by atoms with Gasteiger partial charge in [0, 0.05) is 16.5 Å². The second-order valence-corrected chi connectivity index (χ2v) is 6.09. The Bertz CT molecular complexity index is 646. The lowest BCUT2D eigenvalue weighted by molar-refractivity contribution is 0.325. The third-order valence-corrected chi connectivity index (χ3v) is 5.14. The summed E-state index contributed by atoms with van der Waals surface area (Å²) >= 11 is 1.89. The second-order valence-electron chi connectivity index (χ2n) is 5.03. The van der Waals surface area contributed by atoms with Gasteiger partial charge in [-0.25, -0.2) is 4.39 Å².